The molecule has 11 heavy (non-hydrogen) atoms. The van der Waals surface area contributed by atoms with Crippen molar-refractivity contribution in [3.05, 3.63) is 21.4 Å². The van der Waals surface area contributed by atoms with E-state index in [2.05, 4.69) is 31.9 Å². The molecule has 0 fully saturated rings. The normalized spacial score (nSPS) is 12.9. The monoisotopic (exact) mass is 257 g/mol. The number of allylic oxidation sites excluding steroid dienone is 4. The minimum atomic E-state index is 0.886. The van der Waals surface area contributed by atoms with Crippen molar-refractivity contribution in [1.29, 1.82) is 0 Å². The summed E-state index contributed by atoms with van der Waals surface area (Å²) in [5.74, 6) is 0. The molecule has 0 heterocycles. The summed E-state index contributed by atoms with van der Waals surface area (Å²) in [6.45, 7) is 9.00. The Labute approximate surface area is 81.0 Å². The number of hydrogen-bond acceptors (Lipinski definition) is 2. The first kappa shape index (κ1) is 13.3. The van der Waals surface area contributed by atoms with Crippen LogP contribution in [0.2, 0.25) is 0 Å². The Morgan fingerprint density at radius 1 is 1.36 bits per heavy atom. The van der Waals surface area contributed by atoms with E-state index < -0.39 is 0 Å². The first-order chi connectivity index (χ1) is 5.30. The summed E-state index contributed by atoms with van der Waals surface area (Å²) in [5, 5.41) is 0.886. The molecule has 0 N–H and O–H groups in total. The van der Waals surface area contributed by atoms with Gasteiger partial charge >= 0.3 is 57.7 Å². The minimum Gasteiger partial charge on any atom is -0.281 e. The van der Waals surface area contributed by atoms with Gasteiger partial charge in [-0.3, -0.25) is 9.59 Å². The summed E-state index contributed by atoms with van der Waals surface area (Å²) in [6, 6.07) is 0. The third kappa shape index (κ3) is 6.14. The molecule has 0 unspecified atom stereocenters. The molecule has 0 atom stereocenters. The van der Waals surface area contributed by atoms with Gasteiger partial charge < -0.3 is 0 Å². The maximum Gasteiger partial charge on any atom is 0.281 e. The maximum absolute atomic E-state index is 7.50. The van der Waals surface area contributed by atoms with E-state index in [9.17, 15) is 0 Å². The van der Waals surface area contributed by atoms with Gasteiger partial charge in [0.25, 0.3) is 13.6 Å². The molecule has 1 aliphatic carbocycles. The van der Waals surface area contributed by atoms with Gasteiger partial charge in [-0.25, -0.2) is 0 Å². The predicted octanol–water partition coefficient (Wildman–Crippen LogP) is 1.15. The molecular weight excluding hydrogens is 253 g/mol. The average Bonchev–Trinajstić information content (AvgIpc) is 2.44. The van der Waals surface area contributed by atoms with Crippen LogP contribution >= 0.6 is 11.6 Å². The summed E-state index contributed by atoms with van der Waals surface area (Å²) >= 11 is 8.15. The summed E-state index contributed by atoms with van der Waals surface area (Å²) in [6.07, 6.45) is 4.98. The average molecular weight is 257 g/mol. The van der Waals surface area contributed by atoms with Gasteiger partial charge in [0.15, 0.2) is 0 Å². The van der Waals surface area contributed by atoms with Crippen molar-refractivity contribution in [2.24, 2.45) is 0 Å². The van der Waals surface area contributed by atoms with Crippen LogP contribution in [0.5, 0.6) is 0 Å². The molecule has 0 aromatic carbocycles. The second-order valence-electron chi connectivity index (χ2n) is 1.34. The molecule has 1 rings (SSSR count). The Balaban J connectivity index is 0. The van der Waals surface area contributed by atoms with Crippen molar-refractivity contribution >= 4 is 25.2 Å². The molecule has 4 radical (unpaired) electrons. The Bertz CT molecular complexity index is 164. The van der Waals surface area contributed by atoms with Gasteiger partial charge in [0.1, 0.15) is 0 Å². The summed E-state index contributed by atoms with van der Waals surface area (Å²) in [5.41, 5.74) is 0. The zero-order chi connectivity index (χ0) is 9.28. The molecule has 4 heteroatoms. The number of hydrogen-bond donors (Lipinski definition) is 0. The third-order valence-corrected chi connectivity index (χ3v) is 2.23. The fourth-order valence-corrected chi connectivity index (χ4v) is 0.965. The van der Waals surface area contributed by atoms with E-state index in [0.29, 0.717) is 0 Å². The van der Waals surface area contributed by atoms with Crippen molar-refractivity contribution < 1.29 is 27.9 Å². The summed E-state index contributed by atoms with van der Waals surface area (Å²) in [4.78, 5) is 15.0. The van der Waals surface area contributed by atoms with Gasteiger partial charge in [-0.1, -0.05) is 0 Å². The molecule has 0 bridgehead atoms. The zero-order valence-corrected chi connectivity index (χ0v) is 7.90. The number of carbonyl (C=O) groups excluding carboxylic acids is 2. The predicted molar refractivity (Wildman–Crippen MR) is 38.0 cm³/mol. The topological polar surface area (TPSA) is 34.1 Å². The van der Waals surface area contributed by atoms with E-state index in [-0.39, 0.29) is 0 Å². The second kappa shape index (κ2) is 9.73. The van der Waals surface area contributed by atoms with Crippen LogP contribution < -0.4 is 0 Å². The van der Waals surface area contributed by atoms with Gasteiger partial charge in [-0.05, 0) is 0 Å². The van der Waals surface area contributed by atoms with Crippen molar-refractivity contribution in [3.63, 3.8) is 0 Å². The van der Waals surface area contributed by atoms with E-state index in [4.69, 9.17) is 21.2 Å². The van der Waals surface area contributed by atoms with Crippen molar-refractivity contribution in [3.8, 4) is 0 Å². The molecule has 1 aliphatic rings. The number of rotatable bonds is 0. The molecule has 2 nitrogen and oxygen atoms in total. The van der Waals surface area contributed by atoms with Gasteiger partial charge in [0.2, 0.25) is 0 Å². The van der Waals surface area contributed by atoms with E-state index in [0.717, 1.165) is 11.5 Å². The van der Waals surface area contributed by atoms with Crippen LogP contribution in [-0.2, 0) is 27.9 Å². The Hall–Kier alpha value is -0.267. The molecule has 0 spiro atoms. The Kier molecular flexibility index (Phi) is 11.8. The molecule has 59 valence electrons. The van der Waals surface area contributed by atoms with E-state index in [1.807, 2.05) is 12.2 Å². The fraction of sp³-hybridized carbons (Fsp3) is 0.143. The van der Waals surface area contributed by atoms with E-state index in [1.54, 1.807) is 0 Å². The molecule has 0 amide bonds. The maximum atomic E-state index is 7.50. The first-order valence-corrected chi connectivity index (χ1v) is 3.65. The van der Waals surface area contributed by atoms with Gasteiger partial charge in [0, 0.05) is 0 Å². The number of halogens is 1. The Morgan fingerprint density at radius 2 is 1.82 bits per heavy atom. The van der Waals surface area contributed by atoms with Crippen LogP contribution in [-0.4, -0.2) is 13.6 Å². The second-order valence-corrected chi connectivity index (χ2v) is 2.80. The van der Waals surface area contributed by atoms with Gasteiger partial charge in [0.05, 0.1) is 0 Å². The molecule has 0 aliphatic heterocycles. The Morgan fingerprint density at radius 3 is 1.91 bits per heavy atom. The van der Waals surface area contributed by atoms with E-state index >= 15 is 0 Å². The summed E-state index contributed by atoms with van der Waals surface area (Å²) in [7, 11) is 0. The van der Waals surface area contributed by atoms with Crippen LogP contribution in [0.15, 0.2) is 21.4 Å². The van der Waals surface area contributed by atoms with Crippen LogP contribution in [0.25, 0.3) is 0 Å². The minimum absolute atomic E-state index is 0.886. The standard InChI is InChI=1S/C5H4Cl.2CO.Ru/c6-5-3-1-2-4-5;2*1-2;/h1,3H,2H2;;;. The summed E-state index contributed by atoms with van der Waals surface area (Å²) < 4.78 is 1.21. The molecule has 0 saturated carbocycles. The van der Waals surface area contributed by atoms with Crippen molar-refractivity contribution in [2.45, 2.75) is 6.42 Å². The quantitative estimate of drug-likeness (QED) is 0.610. The third-order valence-electron chi connectivity index (χ3n) is 0.810. The molecule has 0 aromatic heterocycles. The molecular formula is C7H4ClO2Ru. The van der Waals surface area contributed by atoms with Crippen LogP contribution in [0.1, 0.15) is 6.42 Å². The van der Waals surface area contributed by atoms with Crippen LogP contribution in [0, 0.1) is 0 Å². The van der Waals surface area contributed by atoms with Gasteiger partial charge in [-0.2, -0.15) is 0 Å². The van der Waals surface area contributed by atoms with Crippen molar-refractivity contribution in [2.75, 3.05) is 0 Å². The zero-order valence-electron chi connectivity index (χ0n) is 5.41. The van der Waals surface area contributed by atoms with Gasteiger partial charge in [-0.15, -0.1) is 0 Å². The van der Waals surface area contributed by atoms with Crippen LogP contribution in [0.3, 0.4) is 0 Å². The SMILES string of the molecule is ClC1=[C]([Ru])CC=C1.[C]=O.[C]=O. The first-order valence-electron chi connectivity index (χ1n) is 2.41. The van der Waals surface area contributed by atoms with Crippen LogP contribution in [0.4, 0.5) is 0 Å². The molecule has 0 saturated heterocycles. The smallest absolute Gasteiger partial charge is 0.281 e. The van der Waals surface area contributed by atoms with E-state index in [1.165, 1.54) is 4.17 Å². The largest absolute Gasteiger partial charge is 0.281 e. The molecule has 0 aromatic rings. The fourth-order valence-electron chi connectivity index (χ4n) is 0.449. The van der Waals surface area contributed by atoms with Crippen molar-refractivity contribution in [1.82, 2.24) is 0 Å².